The standard InChI is InChI=1S/C19H32N4O2/c1-14(10-11-17-9-7-12-22(17)4)20-19(25)21-16(3)18(24)23-13-6-5-8-15(23)2/h7,9,12,14-16H,5-6,8,10-11,13H2,1-4H3,(H2,20,21,25)/t14-,15+,16+/m1/s1. The Morgan fingerprint density at radius 3 is 2.68 bits per heavy atom. The van der Waals surface area contributed by atoms with Crippen LogP contribution in [-0.2, 0) is 18.3 Å². The van der Waals surface area contributed by atoms with Crippen LogP contribution in [0.2, 0.25) is 0 Å². The van der Waals surface area contributed by atoms with Crippen molar-refractivity contribution in [3.8, 4) is 0 Å². The van der Waals surface area contributed by atoms with E-state index in [2.05, 4.69) is 28.2 Å². The van der Waals surface area contributed by atoms with Crippen molar-refractivity contribution in [2.75, 3.05) is 6.54 Å². The number of aromatic nitrogens is 1. The Hall–Kier alpha value is -1.98. The predicted octanol–water partition coefficient (Wildman–Crippen LogP) is 2.43. The first-order chi connectivity index (χ1) is 11.9. The third kappa shape index (κ3) is 5.51. The van der Waals surface area contributed by atoms with E-state index < -0.39 is 6.04 Å². The molecule has 0 bridgehead atoms. The summed E-state index contributed by atoms with van der Waals surface area (Å²) in [4.78, 5) is 26.6. The van der Waals surface area contributed by atoms with E-state index in [0.29, 0.717) is 0 Å². The highest BCUT2D eigenvalue weighted by Gasteiger charge is 2.27. The lowest BCUT2D eigenvalue weighted by atomic mass is 10.0. The second-order valence-corrected chi connectivity index (χ2v) is 7.27. The second-order valence-electron chi connectivity index (χ2n) is 7.27. The van der Waals surface area contributed by atoms with Gasteiger partial charge in [-0.25, -0.2) is 4.79 Å². The van der Waals surface area contributed by atoms with Crippen LogP contribution in [0.1, 0.15) is 52.1 Å². The van der Waals surface area contributed by atoms with Crippen LogP contribution in [-0.4, -0.2) is 46.1 Å². The lowest BCUT2D eigenvalue weighted by Gasteiger charge is -2.35. The van der Waals surface area contributed by atoms with Crippen molar-refractivity contribution in [1.29, 1.82) is 0 Å². The van der Waals surface area contributed by atoms with E-state index in [0.717, 1.165) is 32.2 Å². The molecule has 1 saturated heterocycles. The Morgan fingerprint density at radius 1 is 1.28 bits per heavy atom. The van der Waals surface area contributed by atoms with E-state index in [4.69, 9.17) is 0 Å². The van der Waals surface area contributed by atoms with Crippen LogP contribution in [0.3, 0.4) is 0 Å². The van der Waals surface area contributed by atoms with E-state index in [9.17, 15) is 9.59 Å². The summed E-state index contributed by atoms with van der Waals surface area (Å²) in [5.74, 6) is 0.0128. The molecule has 0 unspecified atom stereocenters. The van der Waals surface area contributed by atoms with Crippen LogP contribution in [0.15, 0.2) is 18.3 Å². The molecule has 1 fully saturated rings. The van der Waals surface area contributed by atoms with Gasteiger partial charge in [-0.1, -0.05) is 0 Å². The molecule has 2 heterocycles. The maximum Gasteiger partial charge on any atom is 0.315 e. The summed E-state index contributed by atoms with van der Waals surface area (Å²) in [7, 11) is 2.02. The van der Waals surface area contributed by atoms with Gasteiger partial charge in [0.25, 0.3) is 0 Å². The fraction of sp³-hybridized carbons (Fsp3) is 0.684. The zero-order valence-corrected chi connectivity index (χ0v) is 15.9. The Morgan fingerprint density at radius 2 is 2.04 bits per heavy atom. The first kappa shape index (κ1) is 19.3. The fourth-order valence-electron chi connectivity index (χ4n) is 3.39. The van der Waals surface area contributed by atoms with Gasteiger partial charge in [-0.15, -0.1) is 0 Å². The smallest absolute Gasteiger partial charge is 0.315 e. The van der Waals surface area contributed by atoms with Gasteiger partial charge in [-0.05, 0) is 65.0 Å². The summed E-state index contributed by atoms with van der Waals surface area (Å²) in [5, 5.41) is 5.72. The van der Waals surface area contributed by atoms with Crippen molar-refractivity contribution in [3.63, 3.8) is 0 Å². The van der Waals surface area contributed by atoms with Gasteiger partial charge >= 0.3 is 6.03 Å². The van der Waals surface area contributed by atoms with Gasteiger partial charge < -0.3 is 20.1 Å². The molecule has 6 heteroatoms. The molecule has 1 aliphatic heterocycles. The lowest BCUT2D eigenvalue weighted by molar-refractivity contribution is -0.136. The molecule has 2 rings (SSSR count). The number of carbonyl (C=O) groups is 2. The molecule has 2 N–H and O–H groups in total. The van der Waals surface area contributed by atoms with Crippen LogP contribution >= 0.6 is 0 Å². The van der Waals surface area contributed by atoms with Gasteiger partial charge in [0, 0.05) is 37.6 Å². The number of hydrogen-bond acceptors (Lipinski definition) is 2. The van der Waals surface area contributed by atoms with Crippen LogP contribution in [0.25, 0.3) is 0 Å². The van der Waals surface area contributed by atoms with Gasteiger partial charge in [0.15, 0.2) is 0 Å². The number of rotatable bonds is 6. The molecule has 1 aliphatic rings. The summed E-state index contributed by atoms with van der Waals surface area (Å²) < 4.78 is 2.09. The molecular weight excluding hydrogens is 316 g/mol. The van der Waals surface area contributed by atoms with Crippen molar-refractivity contribution < 1.29 is 9.59 Å². The molecule has 0 spiro atoms. The summed E-state index contributed by atoms with van der Waals surface area (Å²) >= 11 is 0. The normalized spacial score (nSPS) is 20.0. The number of aryl methyl sites for hydroxylation is 2. The van der Waals surface area contributed by atoms with Gasteiger partial charge in [0.2, 0.25) is 5.91 Å². The predicted molar refractivity (Wildman–Crippen MR) is 99.4 cm³/mol. The Labute approximate surface area is 151 Å². The minimum atomic E-state index is -0.499. The Bertz CT molecular complexity index is 584. The third-order valence-corrected chi connectivity index (χ3v) is 5.07. The monoisotopic (exact) mass is 348 g/mol. The summed E-state index contributed by atoms with van der Waals surface area (Å²) in [5.41, 5.74) is 1.25. The zero-order valence-electron chi connectivity index (χ0n) is 15.9. The van der Waals surface area contributed by atoms with E-state index in [-0.39, 0.29) is 24.0 Å². The first-order valence-corrected chi connectivity index (χ1v) is 9.36. The highest BCUT2D eigenvalue weighted by molar-refractivity contribution is 5.87. The van der Waals surface area contributed by atoms with E-state index in [1.807, 2.05) is 31.1 Å². The molecule has 0 saturated carbocycles. The number of amides is 3. The van der Waals surface area contributed by atoms with Crippen molar-refractivity contribution in [2.45, 2.75) is 71.0 Å². The van der Waals surface area contributed by atoms with Crippen molar-refractivity contribution in [2.24, 2.45) is 7.05 Å². The summed E-state index contributed by atoms with van der Waals surface area (Å²) in [6.07, 6.45) is 7.05. The van der Waals surface area contributed by atoms with E-state index in [1.54, 1.807) is 6.92 Å². The molecule has 0 radical (unpaired) electrons. The molecule has 140 valence electrons. The van der Waals surface area contributed by atoms with Gasteiger partial charge in [0.05, 0.1) is 0 Å². The Balaban J connectivity index is 1.74. The topological polar surface area (TPSA) is 66.4 Å². The number of nitrogens with one attached hydrogen (secondary N) is 2. The quantitative estimate of drug-likeness (QED) is 0.829. The number of hydrogen-bond donors (Lipinski definition) is 2. The maximum absolute atomic E-state index is 12.5. The lowest BCUT2D eigenvalue weighted by Crippen LogP contribution is -2.54. The molecule has 0 aromatic carbocycles. The van der Waals surface area contributed by atoms with Gasteiger partial charge in [0.1, 0.15) is 6.04 Å². The number of likely N-dealkylation sites (tertiary alicyclic amines) is 1. The zero-order chi connectivity index (χ0) is 18.4. The van der Waals surface area contributed by atoms with Crippen molar-refractivity contribution in [3.05, 3.63) is 24.0 Å². The average molecular weight is 348 g/mol. The number of carbonyl (C=O) groups excluding carboxylic acids is 2. The molecule has 3 amide bonds. The van der Waals surface area contributed by atoms with Crippen LogP contribution in [0.5, 0.6) is 0 Å². The van der Waals surface area contributed by atoms with Crippen LogP contribution in [0.4, 0.5) is 4.79 Å². The highest BCUT2D eigenvalue weighted by Crippen LogP contribution is 2.17. The second kappa shape index (κ2) is 8.92. The van der Waals surface area contributed by atoms with Crippen molar-refractivity contribution in [1.82, 2.24) is 20.1 Å². The minimum Gasteiger partial charge on any atom is -0.354 e. The highest BCUT2D eigenvalue weighted by atomic mass is 16.2. The minimum absolute atomic E-state index is 0.0128. The average Bonchev–Trinajstić information content (AvgIpc) is 2.97. The van der Waals surface area contributed by atoms with Gasteiger partial charge in [-0.2, -0.15) is 0 Å². The molecule has 0 aliphatic carbocycles. The molecule has 6 nitrogen and oxygen atoms in total. The van der Waals surface area contributed by atoms with E-state index in [1.165, 1.54) is 12.1 Å². The summed E-state index contributed by atoms with van der Waals surface area (Å²) in [6, 6.07) is 3.65. The number of urea groups is 1. The SMILES string of the molecule is C[C@H](CCc1cccn1C)NC(=O)N[C@@H](C)C(=O)N1CCCC[C@@H]1C. The van der Waals surface area contributed by atoms with Crippen LogP contribution in [0, 0.1) is 0 Å². The first-order valence-electron chi connectivity index (χ1n) is 9.36. The maximum atomic E-state index is 12.5. The molecule has 25 heavy (non-hydrogen) atoms. The summed E-state index contributed by atoms with van der Waals surface area (Å²) in [6.45, 7) is 6.62. The fourth-order valence-corrected chi connectivity index (χ4v) is 3.39. The number of piperidine rings is 1. The largest absolute Gasteiger partial charge is 0.354 e. The Kier molecular flexibility index (Phi) is 6.91. The molecule has 3 atom stereocenters. The molecule has 1 aromatic heterocycles. The molecule has 1 aromatic rings. The van der Waals surface area contributed by atoms with Crippen molar-refractivity contribution >= 4 is 11.9 Å². The van der Waals surface area contributed by atoms with Crippen LogP contribution < -0.4 is 10.6 Å². The molecular formula is C19H32N4O2. The van der Waals surface area contributed by atoms with E-state index >= 15 is 0 Å². The number of nitrogens with zero attached hydrogens (tertiary/aromatic N) is 2. The van der Waals surface area contributed by atoms with Gasteiger partial charge in [-0.3, -0.25) is 4.79 Å². The third-order valence-electron chi connectivity index (χ3n) is 5.07.